The van der Waals surface area contributed by atoms with Crippen LogP contribution in [0.1, 0.15) is 38.9 Å². The van der Waals surface area contributed by atoms with Crippen LogP contribution >= 0.6 is 0 Å². The fourth-order valence-corrected chi connectivity index (χ4v) is 3.67. The lowest BCUT2D eigenvalue weighted by atomic mass is 9.83. The zero-order valence-electron chi connectivity index (χ0n) is 13.0. The van der Waals surface area contributed by atoms with E-state index in [9.17, 15) is 0 Å². The number of ether oxygens (including phenoxy) is 1. The van der Waals surface area contributed by atoms with Gasteiger partial charge in [0.15, 0.2) is 0 Å². The maximum atomic E-state index is 6.27. The Labute approximate surface area is 122 Å². The Kier molecular flexibility index (Phi) is 3.87. The van der Waals surface area contributed by atoms with E-state index in [-0.39, 0.29) is 5.60 Å². The standard InChI is InChI=1S/C16H27N3O/c1-13(2)14-9-16(20-11-14)5-4-7-19(12-16)10-15-17-6-8-18(15)3/h6,8,13-14H,4-5,7,9-12H2,1-3H3. The summed E-state index contributed by atoms with van der Waals surface area (Å²) in [6.45, 7) is 8.78. The van der Waals surface area contributed by atoms with Crippen molar-refractivity contribution in [1.82, 2.24) is 14.5 Å². The van der Waals surface area contributed by atoms with E-state index in [0.717, 1.165) is 37.4 Å². The number of piperidine rings is 1. The van der Waals surface area contributed by atoms with Crippen LogP contribution in [0.4, 0.5) is 0 Å². The van der Waals surface area contributed by atoms with Crippen LogP contribution in [0.5, 0.6) is 0 Å². The number of hydrogen-bond donors (Lipinski definition) is 0. The molecule has 2 saturated heterocycles. The van der Waals surface area contributed by atoms with E-state index in [1.54, 1.807) is 0 Å². The number of nitrogens with zero attached hydrogens (tertiary/aromatic N) is 3. The third-order valence-electron chi connectivity index (χ3n) is 5.09. The van der Waals surface area contributed by atoms with Crippen LogP contribution in [-0.4, -0.2) is 39.7 Å². The van der Waals surface area contributed by atoms with Crippen LogP contribution in [0.25, 0.3) is 0 Å². The molecule has 1 aromatic rings. The molecule has 0 radical (unpaired) electrons. The Morgan fingerprint density at radius 3 is 3.00 bits per heavy atom. The zero-order chi connectivity index (χ0) is 14.2. The van der Waals surface area contributed by atoms with Gasteiger partial charge in [0.05, 0.1) is 18.8 Å². The van der Waals surface area contributed by atoms with Gasteiger partial charge in [0.25, 0.3) is 0 Å². The summed E-state index contributed by atoms with van der Waals surface area (Å²) in [5.41, 5.74) is 0.123. The van der Waals surface area contributed by atoms with Crippen LogP contribution in [0.3, 0.4) is 0 Å². The van der Waals surface area contributed by atoms with Gasteiger partial charge in [0, 0.05) is 26.0 Å². The third kappa shape index (κ3) is 2.77. The molecule has 112 valence electrons. The fraction of sp³-hybridized carbons (Fsp3) is 0.812. The lowest BCUT2D eigenvalue weighted by molar-refractivity contribution is -0.0542. The predicted octanol–water partition coefficient (Wildman–Crippen LogP) is 2.45. The highest BCUT2D eigenvalue weighted by Crippen LogP contribution is 2.40. The average Bonchev–Trinajstić information content (AvgIpc) is 2.98. The van der Waals surface area contributed by atoms with Gasteiger partial charge in [0.1, 0.15) is 5.82 Å². The number of hydrogen-bond acceptors (Lipinski definition) is 3. The van der Waals surface area contributed by atoms with Gasteiger partial charge in [-0.15, -0.1) is 0 Å². The monoisotopic (exact) mass is 277 g/mol. The molecule has 1 aromatic heterocycles. The molecule has 0 N–H and O–H groups in total. The van der Waals surface area contributed by atoms with Crippen molar-refractivity contribution in [3.05, 3.63) is 18.2 Å². The summed E-state index contributed by atoms with van der Waals surface area (Å²) >= 11 is 0. The van der Waals surface area contributed by atoms with Gasteiger partial charge in [-0.05, 0) is 37.6 Å². The molecule has 0 bridgehead atoms. The van der Waals surface area contributed by atoms with Crippen LogP contribution < -0.4 is 0 Å². The summed E-state index contributed by atoms with van der Waals surface area (Å²) in [4.78, 5) is 6.97. The quantitative estimate of drug-likeness (QED) is 0.850. The summed E-state index contributed by atoms with van der Waals surface area (Å²) in [7, 11) is 2.07. The molecule has 3 heterocycles. The molecule has 0 aliphatic carbocycles. The highest BCUT2D eigenvalue weighted by Gasteiger charge is 2.44. The van der Waals surface area contributed by atoms with Crippen LogP contribution in [0.15, 0.2) is 12.4 Å². The second kappa shape index (κ2) is 5.49. The topological polar surface area (TPSA) is 30.3 Å². The molecular formula is C16H27N3O. The molecule has 1 spiro atoms. The molecule has 20 heavy (non-hydrogen) atoms. The van der Waals surface area contributed by atoms with Gasteiger partial charge in [-0.25, -0.2) is 4.98 Å². The lowest BCUT2D eigenvalue weighted by Gasteiger charge is -2.39. The van der Waals surface area contributed by atoms with E-state index in [1.165, 1.54) is 25.8 Å². The molecule has 2 fully saturated rings. The number of rotatable bonds is 3. The Hall–Kier alpha value is -0.870. The van der Waals surface area contributed by atoms with E-state index in [2.05, 4.69) is 35.3 Å². The Morgan fingerprint density at radius 1 is 1.50 bits per heavy atom. The minimum Gasteiger partial charge on any atom is -0.373 e. The second-order valence-corrected chi connectivity index (χ2v) is 6.97. The van der Waals surface area contributed by atoms with Gasteiger partial charge >= 0.3 is 0 Å². The normalized spacial score (nSPS) is 31.5. The first-order valence-corrected chi connectivity index (χ1v) is 7.90. The van der Waals surface area contributed by atoms with Gasteiger partial charge in [-0.2, -0.15) is 0 Å². The van der Waals surface area contributed by atoms with Crippen molar-refractivity contribution < 1.29 is 4.74 Å². The van der Waals surface area contributed by atoms with E-state index in [1.807, 2.05) is 12.4 Å². The number of imidazole rings is 1. The predicted molar refractivity (Wildman–Crippen MR) is 79.3 cm³/mol. The van der Waals surface area contributed by atoms with Gasteiger partial charge < -0.3 is 9.30 Å². The molecule has 0 aromatic carbocycles. The molecule has 3 rings (SSSR count). The summed E-state index contributed by atoms with van der Waals surface area (Å²) in [5.74, 6) is 2.63. The summed E-state index contributed by atoms with van der Waals surface area (Å²) in [6.07, 6.45) is 7.62. The van der Waals surface area contributed by atoms with E-state index in [4.69, 9.17) is 4.74 Å². The van der Waals surface area contributed by atoms with Crippen molar-refractivity contribution in [2.75, 3.05) is 19.7 Å². The SMILES string of the molecule is CC(C)C1COC2(CCCN(Cc3nccn3C)C2)C1. The van der Waals surface area contributed by atoms with Crippen molar-refractivity contribution in [2.45, 2.75) is 45.3 Å². The minimum atomic E-state index is 0.123. The van der Waals surface area contributed by atoms with Crippen LogP contribution in [-0.2, 0) is 18.3 Å². The Balaban J connectivity index is 1.64. The van der Waals surface area contributed by atoms with Crippen molar-refractivity contribution in [3.63, 3.8) is 0 Å². The largest absolute Gasteiger partial charge is 0.373 e. The average molecular weight is 277 g/mol. The van der Waals surface area contributed by atoms with Crippen LogP contribution in [0, 0.1) is 11.8 Å². The first-order chi connectivity index (χ1) is 9.58. The molecule has 0 amide bonds. The molecule has 2 aliphatic rings. The highest BCUT2D eigenvalue weighted by molar-refractivity contribution is 4.98. The summed E-state index contributed by atoms with van der Waals surface area (Å²) in [5, 5.41) is 0. The molecule has 4 heteroatoms. The molecule has 4 nitrogen and oxygen atoms in total. The summed E-state index contributed by atoms with van der Waals surface area (Å²) in [6, 6.07) is 0. The lowest BCUT2D eigenvalue weighted by Crippen LogP contribution is -2.47. The van der Waals surface area contributed by atoms with E-state index in [0.29, 0.717) is 0 Å². The third-order valence-corrected chi connectivity index (χ3v) is 5.09. The number of likely N-dealkylation sites (tertiary alicyclic amines) is 1. The summed E-state index contributed by atoms with van der Waals surface area (Å²) < 4.78 is 8.38. The van der Waals surface area contributed by atoms with Crippen molar-refractivity contribution in [2.24, 2.45) is 18.9 Å². The van der Waals surface area contributed by atoms with Crippen molar-refractivity contribution >= 4 is 0 Å². The van der Waals surface area contributed by atoms with E-state index < -0.39 is 0 Å². The van der Waals surface area contributed by atoms with Gasteiger partial charge in [-0.1, -0.05) is 13.8 Å². The van der Waals surface area contributed by atoms with Crippen LogP contribution in [0.2, 0.25) is 0 Å². The first-order valence-electron chi connectivity index (χ1n) is 7.90. The first kappa shape index (κ1) is 14.1. The fourth-order valence-electron chi connectivity index (χ4n) is 3.67. The maximum absolute atomic E-state index is 6.27. The second-order valence-electron chi connectivity index (χ2n) is 6.97. The molecule has 2 unspecified atom stereocenters. The molecular weight excluding hydrogens is 250 g/mol. The van der Waals surface area contributed by atoms with Crippen molar-refractivity contribution in [3.8, 4) is 0 Å². The Morgan fingerprint density at radius 2 is 2.35 bits per heavy atom. The van der Waals surface area contributed by atoms with E-state index >= 15 is 0 Å². The molecule has 0 saturated carbocycles. The number of aryl methyl sites for hydroxylation is 1. The Bertz CT molecular complexity index is 456. The maximum Gasteiger partial charge on any atom is 0.122 e. The van der Waals surface area contributed by atoms with Gasteiger partial charge in [0.2, 0.25) is 0 Å². The molecule has 2 atom stereocenters. The minimum absolute atomic E-state index is 0.123. The highest BCUT2D eigenvalue weighted by atomic mass is 16.5. The van der Waals surface area contributed by atoms with Crippen molar-refractivity contribution in [1.29, 1.82) is 0 Å². The smallest absolute Gasteiger partial charge is 0.122 e. The number of aromatic nitrogens is 2. The van der Waals surface area contributed by atoms with Gasteiger partial charge in [-0.3, -0.25) is 4.90 Å². The zero-order valence-corrected chi connectivity index (χ0v) is 13.0. The molecule has 2 aliphatic heterocycles.